The lowest BCUT2D eigenvalue weighted by Gasteiger charge is -2.16. The van der Waals surface area contributed by atoms with Crippen LogP contribution >= 0.6 is 11.3 Å². The van der Waals surface area contributed by atoms with Gasteiger partial charge in [-0.3, -0.25) is 0 Å². The molecule has 1 aromatic carbocycles. The van der Waals surface area contributed by atoms with Gasteiger partial charge in [-0.05, 0) is 30.0 Å². The van der Waals surface area contributed by atoms with Crippen LogP contribution in [0.1, 0.15) is 18.2 Å². The maximum absolute atomic E-state index is 13.9. The average Bonchev–Trinajstić information content (AvgIpc) is 3.34. The Morgan fingerprint density at radius 1 is 1.27 bits per heavy atom. The Morgan fingerprint density at radius 3 is 2.85 bits per heavy atom. The molecule has 0 spiro atoms. The Morgan fingerprint density at radius 2 is 2.12 bits per heavy atom. The molecule has 0 unspecified atom stereocenters. The normalized spacial score (nSPS) is 18.5. The van der Waals surface area contributed by atoms with Crippen LogP contribution in [0.2, 0.25) is 0 Å². The third-order valence-corrected chi connectivity index (χ3v) is 6.96. The van der Waals surface area contributed by atoms with Gasteiger partial charge in [-0.25, -0.2) is 17.2 Å². The third kappa shape index (κ3) is 3.04. The van der Waals surface area contributed by atoms with E-state index < -0.39 is 26.6 Å². The Balaban J connectivity index is 1.55. The van der Waals surface area contributed by atoms with Gasteiger partial charge in [-0.1, -0.05) is 11.2 Å². The number of aromatic nitrogens is 2. The molecule has 6 nitrogen and oxygen atoms in total. The van der Waals surface area contributed by atoms with Crippen LogP contribution in [0.15, 0.2) is 45.1 Å². The summed E-state index contributed by atoms with van der Waals surface area (Å²) in [7, 11) is -4.06. The fourth-order valence-electron chi connectivity index (χ4n) is 2.88. The van der Waals surface area contributed by atoms with Gasteiger partial charge in [-0.2, -0.15) is 9.29 Å². The fraction of sp³-hybridized carbons (Fsp3) is 0.250. The number of thiophene rings is 1. The zero-order valence-corrected chi connectivity index (χ0v) is 14.9. The van der Waals surface area contributed by atoms with Gasteiger partial charge in [0.15, 0.2) is 5.82 Å². The van der Waals surface area contributed by atoms with Gasteiger partial charge in [-0.15, -0.1) is 11.3 Å². The molecule has 1 aliphatic rings. The molecule has 3 aromatic rings. The summed E-state index contributed by atoms with van der Waals surface area (Å²) >= 11 is 1.46. The molecule has 0 amide bonds. The maximum Gasteiger partial charge on any atom is 0.267 e. The maximum atomic E-state index is 13.9. The summed E-state index contributed by atoms with van der Waals surface area (Å²) in [6, 6.07) is 6.15. The van der Waals surface area contributed by atoms with Crippen LogP contribution in [0, 0.1) is 11.6 Å². The zero-order valence-electron chi connectivity index (χ0n) is 13.3. The van der Waals surface area contributed by atoms with E-state index >= 15 is 0 Å². The minimum atomic E-state index is -4.06. The van der Waals surface area contributed by atoms with Crippen molar-refractivity contribution in [2.45, 2.75) is 17.2 Å². The summed E-state index contributed by atoms with van der Waals surface area (Å²) < 4.78 is 58.6. The molecule has 1 aliphatic heterocycles. The number of benzene rings is 1. The monoisotopic (exact) mass is 397 g/mol. The second-order valence-electron chi connectivity index (χ2n) is 5.86. The minimum absolute atomic E-state index is 0.114. The Kier molecular flexibility index (Phi) is 4.33. The highest BCUT2D eigenvalue weighted by Gasteiger charge is 2.36. The Bertz CT molecular complexity index is 1030. The van der Waals surface area contributed by atoms with E-state index in [0.29, 0.717) is 24.2 Å². The van der Waals surface area contributed by atoms with Gasteiger partial charge in [0.25, 0.3) is 5.89 Å². The van der Waals surface area contributed by atoms with E-state index in [1.54, 1.807) is 0 Å². The van der Waals surface area contributed by atoms with Crippen LogP contribution in [0.3, 0.4) is 0 Å². The summed E-state index contributed by atoms with van der Waals surface area (Å²) in [5.41, 5.74) is 0. The minimum Gasteiger partial charge on any atom is -0.333 e. The molecule has 3 heterocycles. The largest absolute Gasteiger partial charge is 0.333 e. The predicted molar refractivity (Wildman–Crippen MR) is 90.1 cm³/mol. The van der Waals surface area contributed by atoms with Crippen molar-refractivity contribution in [2.24, 2.45) is 0 Å². The summed E-state index contributed by atoms with van der Waals surface area (Å²) in [5, 5.41) is 5.84. The summed E-state index contributed by atoms with van der Waals surface area (Å²) in [6.07, 6.45) is 0.492. The van der Waals surface area contributed by atoms with Crippen LogP contribution in [0.5, 0.6) is 0 Å². The van der Waals surface area contributed by atoms with Crippen LogP contribution < -0.4 is 0 Å². The van der Waals surface area contributed by atoms with Crippen LogP contribution in [0.25, 0.3) is 10.8 Å². The predicted octanol–water partition coefficient (Wildman–Crippen LogP) is 3.25. The molecular formula is C16H13F2N3O3S2. The van der Waals surface area contributed by atoms with E-state index in [1.807, 2.05) is 17.5 Å². The van der Waals surface area contributed by atoms with Gasteiger partial charge in [0, 0.05) is 25.1 Å². The van der Waals surface area contributed by atoms with Crippen molar-refractivity contribution in [3.05, 3.63) is 53.2 Å². The fourth-order valence-corrected chi connectivity index (χ4v) is 5.07. The van der Waals surface area contributed by atoms with E-state index in [-0.39, 0.29) is 19.0 Å². The Hall–Kier alpha value is -2.17. The lowest BCUT2D eigenvalue weighted by Crippen LogP contribution is -2.29. The highest BCUT2D eigenvalue weighted by Crippen LogP contribution is 2.32. The van der Waals surface area contributed by atoms with Crippen molar-refractivity contribution in [1.82, 2.24) is 14.4 Å². The SMILES string of the molecule is O=S(=O)(c1ccc(F)cc1F)N1CC[C@H](c2noc(-c3cccs3)n2)C1. The first-order valence-corrected chi connectivity index (χ1v) is 10.1. The van der Waals surface area contributed by atoms with Gasteiger partial charge >= 0.3 is 0 Å². The molecule has 136 valence electrons. The van der Waals surface area contributed by atoms with Crippen molar-refractivity contribution in [3.63, 3.8) is 0 Å². The molecule has 0 radical (unpaired) electrons. The molecule has 26 heavy (non-hydrogen) atoms. The standard InChI is InChI=1S/C16H13F2N3O3S2/c17-11-3-4-14(12(18)8-11)26(22,23)21-6-5-10(9-21)15-19-16(24-20-15)13-2-1-7-25-13/h1-4,7-8,10H,5-6,9H2/t10-/m0/s1. The van der Waals surface area contributed by atoms with Crippen molar-refractivity contribution >= 4 is 21.4 Å². The van der Waals surface area contributed by atoms with Crippen molar-refractivity contribution in [2.75, 3.05) is 13.1 Å². The van der Waals surface area contributed by atoms with E-state index in [0.717, 1.165) is 21.3 Å². The molecule has 2 aromatic heterocycles. The van der Waals surface area contributed by atoms with E-state index in [4.69, 9.17) is 4.52 Å². The molecule has 0 aliphatic carbocycles. The average molecular weight is 397 g/mol. The molecule has 10 heteroatoms. The zero-order chi connectivity index (χ0) is 18.3. The highest BCUT2D eigenvalue weighted by molar-refractivity contribution is 7.89. The third-order valence-electron chi connectivity index (χ3n) is 4.20. The summed E-state index contributed by atoms with van der Waals surface area (Å²) in [6.45, 7) is 0.315. The lowest BCUT2D eigenvalue weighted by molar-refractivity contribution is 0.414. The molecule has 1 saturated heterocycles. The van der Waals surface area contributed by atoms with Gasteiger partial charge < -0.3 is 4.52 Å². The van der Waals surface area contributed by atoms with Gasteiger partial charge in [0.05, 0.1) is 4.88 Å². The van der Waals surface area contributed by atoms with Crippen LogP contribution in [0.4, 0.5) is 8.78 Å². The number of sulfonamides is 1. The van der Waals surface area contributed by atoms with Crippen LogP contribution in [-0.4, -0.2) is 36.0 Å². The van der Waals surface area contributed by atoms with E-state index in [1.165, 1.54) is 11.3 Å². The van der Waals surface area contributed by atoms with Crippen molar-refractivity contribution < 1.29 is 21.7 Å². The Labute approximate surface area is 152 Å². The molecule has 1 fully saturated rings. The molecule has 1 atom stereocenters. The number of hydrogen-bond acceptors (Lipinski definition) is 6. The number of hydrogen-bond donors (Lipinski definition) is 0. The van der Waals surface area contributed by atoms with E-state index in [9.17, 15) is 17.2 Å². The number of rotatable bonds is 4. The smallest absolute Gasteiger partial charge is 0.267 e. The van der Waals surface area contributed by atoms with Gasteiger partial charge in [0.1, 0.15) is 16.5 Å². The second-order valence-corrected chi connectivity index (χ2v) is 8.71. The van der Waals surface area contributed by atoms with E-state index in [2.05, 4.69) is 10.1 Å². The first-order chi connectivity index (χ1) is 12.4. The summed E-state index contributed by atoms with van der Waals surface area (Å²) in [4.78, 5) is 4.64. The summed E-state index contributed by atoms with van der Waals surface area (Å²) in [5.74, 6) is -1.36. The molecule has 4 rings (SSSR count). The second kappa shape index (κ2) is 6.53. The molecular weight excluding hydrogens is 384 g/mol. The molecule has 0 N–H and O–H groups in total. The topological polar surface area (TPSA) is 76.3 Å². The van der Waals surface area contributed by atoms with Crippen molar-refractivity contribution in [1.29, 1.82) is 0 Å². The molecule has 0 saturated carbocycles. The van der Waals surface area contributed by atoms with Gasteiger partial charge in [0.2, 0.25) is 10.0 Å². The first kappa shape index (κ1) is 17.3. The highest BCUT2D eigenvalue weighted by atomic mass is 32.2. The number of halogens is 2. The van der Waals surface area contributed by atoms with Crippen LogP contribution in [-0.2, 0) is 10.0 Å². The molecule has 0 bridgehead atoms. The lowest BCUT2D eigenvalue weighted by atomic mass is 10.1. The number of nitrogens with zero attached hydrogens (tertiary/aromatic N) is 3. The first-order valence-electron chi connectivity index (χ1n) is 7.78. The quantitative estimate of drug-likeness (QED) is 0.675. The van der Waals surface area contributed by atoms with Crippen molar-refractivity contribution in [3.8, 4) is 10.8 Å².